The Morgan fingerprint density at radius 1 is 0.509 bits per heavy atom. The first-order valence-electron chi connectivity index (χ1n) is 18.8. The molecule has 0 unspecified atom stereocenters. The van der Waals surface area contributed by atoms with Crippen LogP contribution in [0.2, 0.25) is 0 Å². The summed E-state index contributed by atoms with van der Waals surface area (Å²) < 4.78 is 11.1. The van der Waals surface area contributed by atoms with E-state index in [9.17, 15) is 0 Å². The Bertz CT molecular complexity index is 3450. The van der Waals surface area contributed by atoms with E-state index < -0.39 is 8.07 Å². The molecule has 12 rings (SSSR count). The van der Waals surface area contributed by atoms with Crippen LogP contribution in [0.15, 0.2) is 187 Å². The summed E-state index contributed by atoms with van der Waals surface area (Å²) in [6, 6.07) is 66.6. The number of nitrogens with zero attached hydrogens (tertiary/aromatic N) is 4. The first kappa shape index (κ1) is 33.7. The Morgan fingerprint density at radius 3 is 1.95 bits per heavy atom. The van der Waals surface area contributed by atoms with E-state index in [0.29, 0.717) is 0 Å². The largest absolute Gasteiger partial charge is 2.00 e. The van der Waals surface area contributed by atoms with Crippen LogP contribution < -0.4 is 20.7 Å². The minimum Gasteiger partial charge on any atom is -0.456 e. The number of imidazole rings is 1. The van der Waals surface area contributed by atoms with Gasteiger partial charge in [-0.15, -0.1) is 28.8 Å². The third-order valence-electron chi connectivity index (χ3n) is 11.5. The zero-order valence-corrected chi connectivity index (χ0v) is 33.6. The molecule has 0 radical (unpaired) electrons. The van der Waals surface area contributed by atoms with Crippen LogP contribution in [0.5, 0.6) is 0 Å². The quantitative estimate of drug-likeness (QED) is 0.0750. The molecule has 5 nitrogen and oxygen atoms in total. The van der Waals surface area contributed by atoms with Crippen molar-refractivity contribution in [1.82, 2.24) is 18.9 Å². The number of benzene rings is 7. The number of pyridine rings is 2. The third kappa shape index (κ3) is 4.78. The molecule has 5 aromatic heterocycles. The number of furan rings is 1. The number of hydrogen-bond donors (Lipinski definition) is 0. The average Bonchev–Trinajstić information content (AvgIpc) is 4.00. The second kappa shape index (κ2) is 13.0. The summed E-state index contributed by atoms with van der Waals surface area (Å²) in [5.41, 5.74) is 5.75. The van der Waals surface area contributed by atoms with Gasteiger partial charge in [-0.1, -0.05) is 119 Å². The van der Waals surface area contributed by atoms with Gasteiger partial charge in [0.25, 0.3) is 0 Å². The van der Waals surface area contributed by atoms with Gasteiger partial charge in [-0.05, 0) is 57.5 Å². The number of rotatable bonds is 5. The van der Waals surface area contributed by atoms with Gasteiger partial charge in [-0.25, -0.2) is 4.98 Å². The van der Waals surface area contributed by atoms with Gasteiger partial charge in [0, 0.05) is 40.4 Å². The average molecular weight is 926 g/mol. The first-order chi connectivity index (χ1) is 27.8. The fraction of sp³-hybridized carbons (Fsp3) is 0. The van der Waals surface area contributed by atoms with E-state index in [4.69, 9.17) is 14.4 Å². The van der Waals surface area contributed by atoms with Gasteiger partial charge in [0.05, 0.1) is 5.65 Å². The summed E-state index contributed by atoms with van der Waals surface area (Å²) in [7, 11) is -3.13. The zero-order valence-electron chi connectivity index (χ0n) is 30.3. The Balaban J connectivity index is 0.00000374. The second-order valence-corrected chi connectivity index (χ2v) is 18.1. The van der Waals surface area contributed by atoms with Crippen LogP contribution in [0.25, 0.3) is 76.9 Å². The van der Waals surface area contributed by atoms with Crippen LogP contribution in [0.4, 0.5) is 0 Å². The van der Waals surface area contributed by atoms with Crippen LogP contribution in [0.1, 0.15) is 0 Å². The van der Waals surface area contributed by atoms with Gasteiger partial charge in [0.1, 0.15) is 25.1 Å². The smallest absolute Gasteiger partial charge is 0.456 e. The van der Waals surface area contributed by atoms with E-state index in [1.165, 1.54) is 15.8 Å². The monoisotopic (exact) mass is 925 g/mol. The van der Waals surface area contributed by atoms with E-state index in [1.807, 2.05) is 42.9 Å². The Kier molecular flexibility index (Phi) is 7.68. The predicted octanol–water partition coefficient (Wildman–Crippen LogP) is 9.01. The van der Waals surface area contributed by atoms with E-state index in [1.54, 1.807) is 0 Å². The number of fused-ring (bicyclic) bond motifs is 13. The fourth-order valence-corrected chi connectivity index (χ4v) is 13.7. The minimum atomic E-state index is -3.13. The van der Waals surface area contributed by atoms with Gasteiger partial charge in [-0.2, -0.15) is 23.4 Å². The molecule has 57 heavy (non-hydrogen) atoms. The molecular weight excluding hydrogens is 896 g/mol. The number of aromatic nitrogens is 4. The Labute approximate surface area is 342 Å². The molecule has 270 valence electrons. The molecule has 0 aliphatic heterocycles. The van der Waals surface area contributed by atoms with Gasteiger partial charge in [-0.3, -0.25) is 4.98 Å². The van der Waals surface area contributed by atoms with Crippen molar-refractivity contribution in [3.8, 4) is 5.82 Å². The molecular formula is C50H30N4OPtSi. The molecule has 0 amide bonds. The molecule has 0 bridgehead atoms. The maximum Gasteiger partial charge on any atom is 2.00 e. The SMILES string of the molecule is [Pt+2].[c-]1c([Si](c2[c-]c3c(cc2)c2c4oc5ccccc5c4ccc2n3-c2ccccn2)(c2ccccc2)c2ccccc2)ccc2c1c1nccn1c1ccccc21. The normalized spacial score (nSPS) is 12.1. The Morgan fingerprint density at radius 2 is 1.18 bits per heavy atom. The predicted molar refractivity (Wildman–Crippen MR) is 231 cm³/mol. The van der Waals surface area contributed by atoms with Crippen LogP contribution in [-0.2, 0) is 21.1 Å². The molecule has 7 aromatic carbocycles. The van der Waals surface area contributed by atoms with Crippen LogP contribution in [-0.4, -0.2) is 27.0 Å². The molecule has 0 aliphatic rings. The van der Waals surface area contributed by atoms with Gasteiger partial charge < -0.3 is 13.4 Å². The molecule has 0 spiro atoms. The number of para-hydroxylation sites is 2. The van der Waals surface area contributed by atoms with E-state index >= 15 is 0 Å². The molecule has 0 saturated carbocycles. The first-order valence-corrected chi connectivity index (χ1v) is 20.8. The van der Waals surface area contributed by atoms with Crippen LogP contribution in [0.3, 0.4) is 0 Å². The van der Waals surface area contributed by atoms with Crippen molar-refractivity contribution < 1.29 is 25.5 Å². The molecule has 0 N–H and O–H groups in total. The van der Waals surface area contributed by atoms with Gasteiger partial charge >= 0.3 is 21.1 Å². The molecule has 5 heterocycles. The zero-order chi connectivity index (χ0) is 36.8. The molecule has 12 aromatic rings. The molecule has 0 saturated heterocycles. The van der Waals surface area contributed by atoms with Crippen molar-refractivity contribution in [2.75, 3.05) is 0 Å². The van der Waals surface area contributed by atoms with Gasteiger partial charge in [0.2, 0.25) is 0 Å². The van der Waals surface area contributed by atoms with Crippen LogP contribution in [0, 0.1) is 12.1 Å². The summed E-state index contributed by atoms with van der Waals surface area (Å²) >= 11 is 0. The van der Waals surface area contributed by atoms with Crippen molar-refractivity contribution in [2.45, 2.75) is 0 Å². The molecule has 0 atom stereocenters. The third-order valence-corrected chi connectivity index (χ3v) is 16.1. The minimum absolute atomic E-state index is 0. The van der Waals surface area contributed by atoms with Crippen molar-refractivity contribution in [2.24, 2.45) is 0 Å². The topological polar surface area (TPSA) is 48.3 Å². The summed E-state index contributed by atoms with van der Waals surface area (Å²) in [5.74, 6) is 0.828. The van der Waals surface area contributed by atoms with E-state index in [0.717, 1.165) is 81.9 Å². The van der Waals surface area contributed by atoms with Crippen molar-refractivity contribution in [3.63, 3.8) is 0 Å². The van der Waals surface area contributed by atoms with Crippen molar-refractivity contribution in [3.05, 3.63) is 195 Å². The van der Waals surface area contributed by atoms with Crippen molar-refractivity contribution >= 4 is 99.9 Å². The standard InChI is InChI=1S/C50H30N4OSi.Pt/c1-3-13-33(14-4-1)56(34-15-5-2-6-16-34,35-22-24-37-38-17-7-9-19-43(38)53-30-29-52-50(53)42(37)31-35)36-23-25-41-45(32-36)54(47-21-11-12-28-51-47)44-27-26-40-39-18-8-10-20-46(39)55-49(40)48(41)44;/h1-30H;/q-2;+2. The molecule has 0 fully saturated rings. The maximum atomic E-state index is 6.68. The fourth-order valence-electron chi connectivity index (χ4n) is 9.17. The van der Waals surface area contributed by atoms with Crippen molar-refractivity contribution in [1.29, 1.82) is 0 Å². The maximum absolute atomic E-state index is 6.68. The Hall–Kier alpha value is -6.59. The number of hydrogen-bond acceptors (Lipinski definition) is 3. The summed E-state index contributed by atoms with van der Waals surface area (Å²) in [4.78, 5) is 9.81. The molecule has 0 aliphatic carbocycles. The van der Waals surface area contributed by atoms with Gasteiger partial charge in [0.15, 0.2) is 0 Å². The summed E-state index contributed by atoms with van der Waals surface area (Å²) in [6.45, 7) is 0. The second-order valence-electron chi connectivity index (χ2n) is 14.4. The summed E-state index contributed by atoms with van der Waals surface area (Å²) in [5, 5.41) is 12.4. The van der Waals surface area contributed by atoms with Crippen LogP contribution >= 0.6 is 0 Å². The summed E-state index contributed by atoms with van der Waals surface area (Å²) in [6.07, 6.45) is 5.79. The van der Waals surface area contributed by atoms with E-state index in [-0.39, 0.29) is 21.1 Å². The van der Waals surface area contributed by atoms with E-state index in [2.05, 4.69) is 161 Å². The molecule has 7 heteroatoms.